The SMILES string of the molecule is CCCNc1cncc(N2CCCC(C)CC2)n1. The fourth-order valence-electron chi connectivity index (χ4n) is 2.34. The molecule has 1 aromatic rings. The van der Waals surface area contributed by atoms with Crippen molar-refractivity contribution in [3.05, 3.63) is 12.4 Å². The summed E-state index contributed by atoms with van der Waals surface area (Å²) in [6, 6.07) is 0. The highest BCUT2D eigenvalue weighted by atomic mass is 15.2. The van der Waals surface area contributed by atoms with Gasteiger partial charge in [0.2, 0.25) is 0 Å². The molecule has 4 nitrogen and oxygen atoms in total. The highest BCUT2D eigenvalue weighted by Crippen LogP contribution is 2.21. The maximum absolute atomic E-state index is 4.65. The molecule has 1 aliphatic rings. The van der Waals surface area contributed by atoms with Gasteiger partial charge in [-0.05, 0) is 31.6 Å². The summed E-state index contributed by atoms with van der Waals surface area (Å²) in [7, 11) is 0. The molecule has 1 saturated heterocycles. The highest BCUT2D eigenvalue weighted by Gasteiger charge is 2.15. The molecule has 1 unspecified atom stereocenters. The molecule has 2 rings (SSSR count). The third-order valence-corrected chi connectivity index (χ3v) is 3.52. The molecule has 4 heteroatoms. The van der Waals surface area contributed by atoms with Crippen molar-refractivity contribution in [3.8, 4) is 0 Å². The quantitative estimate of drug-likeness (QED) is 0.889. The molecule has 1 N–H and O–H groups in total. The number of rotatable bonds is 4. The number of nitrogens with zero attached hydrogens (tertiary/aromatic N) is 3. The molecule has 18 heavy (non-hydrogen) atoms. The van der Waals surface area contributed by atoms with E-state index in [9.17, 15) is 0 Å². The van der Waals surface area contributed by atoms with Crippen molar-refractivity contribution < 1.29 is 0 Å². The zero-order valence-corrected chi connectivity index (χ0v) is 11.5. The minimum atomic E-state index is 0.837. The lowest BCUT2D eigenvalue weighted by Crippen LogP contribution is -2.25. The van der Waals surface area contributed by atoms with Gasteiger partial charge in [-0.25, -0.2) is 4.98 Å². The summed E-state index contributed by atoms with van der Waals surface area (Å²) in [4.78, 5) is 11.3. The lowest BCUT2D eigenvalue weighted by atomic mass is 10.0. The monoisotopic (exact) mass is 248 g/mol. The zero-order chi connectivity index (χ0) is 12.8. The maximum Gasteiger partial charge on any atom is 0.149 e. The lowest BCUT2D eigenvalue weighted by Gasteiger charge is -2.21. The molecule has 1 aromatic heterocycles. The smallest absolute Gasteiger partial charge is 0.149 e. The van der Waals surface area contributed by atoms with Crippen LogP contribution in [0.5, 0.6) is 0 Å². The molecule has 0 radical (unpaired) electrons. The fourth-order valence-corrected chi connectivity index (χ4v) is 2.34. The van der Waals surface area contributed by atoms with Gasteiger partial charge in [-0.1, -0.05) is 13.8 Å². The Kier molecular flexibility index (Phi) is 4.79. The van der Waals surface area contributed by atoms with Crippen molar-refractivity contribution in [1.82, 2.24) is 9.97 Å². The predicted molar refractivity (Wildman–Crippen MR) is 76.0 cm³/mol. The van der Waals surface area contributed by atoms with E-state index in [4.69, 9.17) is 0 Å². The van der Waals surface area contributed by atoms with Crippen LogP contribution in [0.4, 0.5) is 11.6 Å². The van der Waals surface area contributed by atoms with Gasteiger partial charge < -0.3 is 10.2 Å². The molecule has 1 aliphatic heterocycles. The van der Waals surface area contributed by atoms with Crippen LogP contribution in [0.3, 0.4) is 0 Å². The summed E-state index contributed by atoms with van der Waals surface area (Å²) in [6.07, 6.45) is 8.64. The number of hydrogen-bond donors (Lipinski definition) is 1. The standard InChI is InChI=1S/C14H24N4/c1-3-7-16-13-10-15-11-14(17-13)18-8-4-5-12(2)6-9-18/h10-12H,3-9H2,1-2H3,(H,16,17). The van der Waals surface area contributed by atoms with Gasteiger partial charge in [0, 0.05) is 19.6 Å². The third kappa shape index (κ3) is 3.59. The molecular formula is C14H24N4. The zero-order valence-electron chi connectivity index (χ0n) is 11.5. The van der Waals surface area contributed by atoms with Crippen LogP contribution in [0.2, 0.25) is 0 Å². The molecular weight excluding hydrogens is 224 g/mol. The second-order valence-corrected chi connectivity index (χ2v) is 5.21. The fraction of sp³-hybridized carbons (Fsp3) is 0.714. The van der Waals surface area contributed by atoms with E-state index in [1.807, 2.05) is 6.20 Å². The second kappa shape index (κ2) is 6.57. The van der Waals surface area contributed by atoms with Gasteiger partial charge in [0.25, 0.3) is 0 Å². The Hall–Kier alpha value is -1.32. The maximum atomic E-state index is 4.65. The van der Waals surface area contributed by atoms with Crippen LogP contribution in [-0.2, 0) is 0 Å². The van der Waals surface area contributed by atoms with Crippen LogP contribution in [0, 0.1) is 5.92 Å². The lowest BCUT2D eigenvalue weighted by molar-refractivity contribution is 0.521. The summed E-state index contributed by atoms with van der Waals surface area (Å²) in [5.74, 6) is 2.75. The van der Waals surface area contributed by atoms with Crippen molar-refractivity contribution in [2.24, 2.45) is 5.92 Å². The van der Waals surface area contributed by atoms with Gasteiger partial charge in [0.05, 0.1) is 12.4 Å². The van der Waals surface area contributed by atoms with E-state index < -0.39 is 0 Å². The number of aromatic nitrogens is 2. The van der Waals surface area contributed by atoms with Crippen LogP contribution >= 0.6 is 0 Å². The summed E-state index contributed by atoms with van der Waals surface area (Å²) in [5.41, 5.74) is 0. The molecule has 100 valence electrons. The summed E-state index contributed by atoms with van der Waals surface area (Å²) in [6.45, 7) is 7.66. The predicted octanol–water partition coefficient (Wildman–Crippen LogP) is 2.92. The number of nitrogens with one attached hydrogen (secondary N) is 1. The first-order valence-corrected chi connectivity index (χ1v) is 7.10. The molecule has 2 heterocycles. The summed E-state index contributed by atoms with van der Waals surface area (Å²) in [5, 5.41) is 3.30. The van der Waals surface area contributed by atoms with Crippen molar-refractivity contribution in [3.63, 3.8) is 0 Å². The first-order valence-electron chi connectivity index (χ1n) is 7.10. The summed E-state index contributed by atoms with van der Waals surface area (Å²) >= 11 is 0. The Labute approximate surface area is 110 Å². The first-order chi connectivity index (χ1) is 8.79. The molecule has 0 amide bonds. The first kappa shape index (κ1) is 13.1. The van der Waals surface area contributed by atoms with Crippen LogP contribution in [-0.4, -0.2) is 29.6 Å². The minimum Gasteiger partial charge on any atom is -0.369 e. The van der Waals surface area contributed by atoms with Crippen molar-refractivity contribution in [2.45, 2.75) is 39.5 Å². The summed E-state index contributed by atoms with van der Waals surface area (Å²) < 4.78 is 0. The van der Waals surface area contributed by atoms with Crippen molar-refractivity contribution in [2.75, 3.05) is 29.9 Å². The van der Waals surface area contributed by atoms with E-state index in [-0.39, 0.29) is 0 Å². The van der Waals surface area contributed by atoms with E-state index in [0.29, 0.717) is 0 Å². The molecule has 1 fully saturated rings. The second-order valence-electron chi connectivity index (χ2n) is 5.21. The van der Waals surface area contributed by atoms with Crippen LogP contribution < -0.4 is 10.2 Å². The normalized spacial score (nSPS) is 20.6. The van der Waals surface area contributed by atoms with E-state index in [0.717, 1.165) is 43.6 Å². The Balaban J connectivity index is 2.02. The van der Waals surface area contributed by atoms with Crippen LogP contribution in [0.25, 0.3) is 0 Å². The number of hydrogen-bond acceptors (Lipinski definition) is 4. The van der Waals surface area contributed by atoms with Gasteiger partial charge in [0.1, 0.15) is 11.6 Å². The topological polar surface area (TPSA) is 41.1 Å². The van der Waals surface area contributed by atoms with E-state index in [2.05, 4.69) is 34.0 Å². The van der Waals surface area contributed by atoms with Crippen molar-refractivity contribution >= 4 is 11.6 Å². The number of anilines is 2. The Morgan fingerprint density at radius 1 is 1.33 bits per heavy atom. The largest absolute Gasteiger partial charge is 0.369 e. The third-order valence-electron chi connectivity index (χ3n) is 3.52. The van der Waals surface area contributed by atoms with Gasteiger partial charge in [-0.3, -0.25) is 4.98 Å². The average Bonchev–Trinajstić information content (AvgIpc) is 2.61. The van der Waals surface area contributed by atoms with E-state index in [1.54, 1.807) is 6.20 Å². The average molecular weight is 248 g/mol. The molecule has 0 bridgehead atoms. The molecule has 0 aliphatic carbocycles. The van der Waals surface area contributed by atoms with E-state index in [1.165, 1.54) is 19.3 Å². The molecule has 0 saturated carbocycles. The molecule has 0 aromatic carbocycles. The van der Waals surface area contributed by atoms with Crippen LogP contribution in [0.15, 0.2) is 12.4 Å². The van der Waals surface area contributed by atoms with Crippen LogP contribution in [0.1, 0.15) is 39.5 Å². The minimum absolute atomic E-state index is 0.837. The van der Waals surface area contributed by atoms with Gasteiger partial charge >= 0.3 is 0 Å². The van der Waals surface area contributed by atoms with Crippen molar-refractivity contribution in [1.29, 1.82) is 0 Å². The Morgan fingerprint density at radius 3 is 3.06 bits per heavy atom. The molecule has 1 atom stereocenters. The van der Waals surface area contributed by atoms with Gasteiger partial charge in [-0.15, -0.1) is 0 Å². The molecule has 0 spiro atoms. The van der Waals surface area contributed by atoms with Gasteiger partial charge in [0.15, 0.2) is 0 Å². The Bertz CT molecular complexity index is 367. The Morgan fingerprint density at radius 2 is 2.22 bits per heavy atom. The highest BCUT2D eigenvalue weighted by molar-refractivity contribution is 5.43. The van der Waals surface area contributed by atoms with Gasteiger partial charge in [-0.2, -0.15) is 0 Å². The van der Waals surface area contributed by atoms with E-state index >= 15 is 0 Å².